The van der Waals surface area contributed by atoms with Gasteiger partial charge in [0.15, 0.2) is 0 Å². The molecule has 0 radical (unpaired) electrons. The topological polar surface area (TPSA) is 37.4 Å². The maximum Gasteiger partial charge on any atom is 0.273 e. The number of sulfonamides is 1. The Bertz CT molecular complexity index is 702. The monoisotopic (exact) mass is 329 g/mol. The molecule has 0 aliphatic heterocycles. The van der Waals surface area contributed by atoms with Crippen LogP contribution in [0.15, 0.2) is 33.9 Å². The van der Waals surface area contributed by atoms with Crippen LogP contribution in [0.1, 0.15) is 16.7 Å². The van der Waals surface area contributed by atoms with E-state index in [4.69, 9.17) is 11.6 Å². The minimum absolute atomic E-state index is 0.315. The Hall–Kier alpha value is -1.04. The smallest absolute Gasteiger partial charge is 0.269 e. The van der Waals surface area contributed by atoms with Crippen LogP contribution in [0.25, 0.3) is 0 Å². The first-order valence-electron chi connectivity index (χ1n) is 6.05. The third-order valence-corrected chi connectivity index (χ3v) is 6.53. The molecule has 20 heavy (non-hydrogen) atoms. The van der Waals surface area contributed by atoms with Crippen LogP contribution in [0.4, 0.5) is 5.69 Å². The van der Waals surface area contributed by atoms with E-state index in [9.17, 15) is 8.42 Å². The zero-order valence-corrected chi connectivity index (χ0v) is 13.9. The molecule has 0 bridgehead atoms. The van der Waals surface area contributed by atoms with E-state index >= 15 is 0 Å². The van der Waals surface area contributed by atoms with Crippen LogP contribution in [0.5, 0.6) is 0 Å². The van der Waals surface area contributed by atoms with Crippen molar-refractivity contribution < 1.29 is 8.42 Å². The van der Waals surface area contributed by atoms with E-state index in [0.29, 0.717) is 15.8 Å². The lowest BCUT2D eigenvalue weighted by molar-refractivity contribution is 0.596. The average molecular weight is 330 g/mol. The lowest BCUT2D eigenvalue weighted by atomic mass is 10.1. The van der Waals surface area contributed by atoms with Crippen molar-refractivity contribution in [2.75, 3.05) is 11.4 Å². The number of thiophene rings is 1. The standard InChI is InChI=1S/C14H16ClNO2S2/c1-10-4-11(2)6-13(5-10)16(3)20(17,18)14-7-12(8-15)9-19-14/h4-7,9H,8H2,1-3H3. The molecule has 0 aliphatic rings. The van der Waals surface area contributed by atoms with Gasteiger partial charge in [-0.05, 0) is 54.1 Å². The Labute approximate surface area is 128 Å². The highest BCUT2D eigenvalue weighted by Crippen LogP contribution is 2.28. The van der Waals surface area contributed by atoms with Crippen LogP contribution >= 0.6 is 22.9 Å². The predicted octanol–water partition coefficient (Wildman–Crippen LogP) is 3.93. The number of aryl methyl sites for hydroxylation is 2. The van der Waals surface area contributed by atoms with Crippen molar-refractivity contribution in [1.82, 2.24) is 0 Å². The molecule has 0 saturated heterocycles. The maximum absolute atomic E-state index is 12.6. The van der Waals surface area contributed by atoms with Gasteiger partial charge >= 0.3 is 0 Å². The van der Waals surface area contributed by atoms with Crippen molar-refractivity contribution in [2.24, 2.45) is 0 Å². The third-order valence-electron chi connectivity index (χ3n) is 2.97. The molecule has 1 aromatic heterocycles. The molecule has 0 saturated carbocycles. The Morgan fingerprint density at radius 3 is 2.25 bits per heavy atom. The Kier molecular flexibility index (Phi) is 4.42. The number of anilines is 1. The molecule has 1 aromatic carbocycles. The number of hydrogen-bond donors (Lipinski definition) is 0. The summed E-state index contributed by atoms with van der Waals surface area (Å²) in [6, 6.07) is 7.37. The van der Waals surface area contributed by atoms with E-state index in [-0.39, 0.29) is 0 Å². The summed E-state index contributed by atoms with van der Waals surface area (Å²) in [6.07, 6.45) is 0. The molecule has 0 spiro atoms. The molecule has 0 fully saturated rings. The van der Waals surface area contributed by atoms with E-state index in [1.807, 2.05) is 32.0 Å². The molecule has 0 N–H and O–H groups in total. The van der Waals surface area contributed by atoms with Crippen LogP contribution in [-0.2, 0) is 15.9 Å². The fraction of sp³-hybridized carbons (Fsp3) is 0.286. The first kappa shape index (κ1) is 15.4. The van der Waals surface area contributed by atoms with Crippen LogP contribution in [0, 0.1) is 13.8 Å². The second-order valence-electron chi connectivity index (χ2n) is 4.73. The zero-order chi connectivity index (χ0) is 14.9. The molecule has 0 unspecified atom stereocenters. The second-order valence-corrected chi connectivity index (χ2v) is 8.10. The summed E-state index contributed by atoms with van der Waals surface area (Å²) in [4.78, 5) is 0. The van der Waals surface area contributed by atoms with Crippen molar-refractivity contribution in [2.45, 2.75) is 23.9 Å². The van der Waals surface area contributed by atoms with E-state index in [0.717, 1.165) is 16.7 Å². The largest absolute Gasteiger partial charge is 0.273 e. The third kappa shape index (κ3) is 3.00. The molecule has 2 aromatic rings. The fourth-order valence-electron chi connectivity index (χ4n) is 1.96. The normalized spacial score (nSPS) is 11.6. The van der Waals surface area contributed by atoms with Crippen molar-refractivity contribution in [3.05, 3.63) is 46.3 Å². The highest BCUT2D eigenvalue weighted by atomic mass is 35.5. The van der Waals surface area contributed by atoms with Gasteiger partial charge in [0.25, 0.3) is 10.0 Å². The molecule has 0 amide bonds. The summed E-state index contributed by atoms with van der Waals surface area (Å²) in [7, 11) is -1.95. The zero-order valence-electron chi connectivity index (χ0n) is 11.6. The highest BCUT2D eigenvalue weighted by Gasteiger charge is 2.23. The highest BCUT2D eigenvalue weighted by molar-refractivity contribution is 7.94. The SMILES string of the molecule is Cc1cc(C)cc(N(C)S(=O)(=O)c2cc(CCl)cs2)c1. The molecule has 6 heteroatoms. The number of rotatable bonds is 4. The lowest BCUT2D eigenvalue weighted by Crippen LogP contribution is -2.25. The van der Waals surface area contributed by atoms with Crippen LogP contribution in [-0.4, -0.2) is 15.5 Å². The minimum atomic E-state index is -3.52. The van der Waals surface area contributed by atoms with Gasteiger partial charge in [-0.25, -0.2) is 8.42 Å². The maximum atomic E-state index is 12.6. The van der Waals surface area contributed by atoms with E-state index in [2.05, 4.69) is 0 Å². The first-order chi connectivity index (χ1) is 9.34. The van der Waals surface area contributed by atoms with Gasteiger partial charge in [0.2, 0.25) is 0 Å². The molecule has 1 heterocycles. The van der Waals surface area contributed by atoms with Gasteiger partial charge in [0.1, 0.15) is 4.21 Å². The van der Waals surface area contributed by atoms with Gasteiger partial charge in [-0.15, -0.1) is 22.9 Å². The number of halogens is 1. The van der Waals surface area contributed by atoms with E-state index in [1.165, 1.54) is 15.6 Å². The molecule has 3 nitrogen and oxygen atoms in total. The van der Waals surface area contributed by atoms with E-state index in [1.54, 1.807) is 18.5 Å². The predicted molar refractivity (Wildman–Crippen MR) is 85.4 cm³/mol. The summed E-state index contributed by atoms with van der Waals surface area (Å²) >= 11 is 6.93. The summed E-state index contributed by atoms with van der Waals surface area (Å²) in [5.74, 6) is 0.319. The van der Waals surface area contributed by atoms with Gasteiger partial charge in [0, 0.05) is 12.9 Å². The van der Waals surface area contributed by atoms with Gasteiger partial charge in [-0.3, -0.25) is 4.31 Å². The van der Waals surface area contributed by atoms with Crippen LogP contribution in [0.2, 0.25) is 0 Å². The average Bonchev–Trinajstić information content (AvgIpc) is 2.86. The molecule has 0 aliphatic carbocycles. The van der Waals surface area contributed by atoms with Crippen molar-refractivity contribution in [3.8, 4) is 0 Å². The quantitative estimate of drug-likeness (QED) is 0.797. The number of nitrogens with zero attached hydrogens (tertiary/aromatic N) is 1. The number of benzene rings is 1. The second kappa shape index (κ2) is 5.76. The minimum Gasteiger partial charge on any atom is -0.269 e. The van der Waals surface area contributed by atoms with Gasteiger partial charge in [0.05, 0.1) is 5.69 Å². The summed E-state index contributed by atoms with van der Waals surface area (Å²) < 4.78 is 26.8. The van der Waals surface area contributed by atoms with E-state index < -0.39 is 10.0 Å². The van der Waals surface area contributed by atoms with Gasteiger partial charge in [-0.2, -0.15) is 0 Å². The molecular formula is C14H16ClNO2S2. The number of hydrogen-bond acceptors (Lipinski definition) is 3. The molecule has 108 valence electrons. The van der Waals surface area contributed by atoms with Gasteiger partial charge in [-0.1, -0.05) is 6.07 Å². The number of alkyl halides is 1. The summed E-state index contributed by atoms with van der Waals surface area (Å²) in [5.41, 5.74) is 3.57. The van der Waals surface area contributed by atoms with Crippen LogP contribution in [0.3, 0.4) is 0 Å². The molecule has 2 rings (SSSR count). The molecular weight excluding hydrogens is 314 g/mol. The summed E-state index contributed by atoms with van der Waals surface area (Å²) in [6.45, 7) is 3.90. The fourth-order valence-corrected chi connectivity index (χ4v) is 4.77. The Morgan fingerprint density at radius 1 is 1.15 bits per heavy atom. The Balaban J connectivity index is 2.42. The Morgan fingerprint density at radius 2 is 1.75 bits per heavy atom. The van der Waals surface area contributed by atoms with Crippen molar-refractivity contribution >= 4 is 38.6 Å². The first-order valence-corrected chi connectivity index (χ1v) is 8.90. The molecule has 0 atom stereocenters. The summed E-state index contributed by atoms with van der Waals surface area (Å²) in [5, 5.41) is 1.77. The van der Waals surface area contributed by atoms with Crippen LogP contribution < -0.4 is 4.31 Å². The van der Waals surface area contributed by atoms with Crippen molar-refractivity contribution in [3.63, 3.8) is 0 Å². The van der Waals surface area contributed by atoms with Crippen molar-refractivity contribution in [1.29, 1.82) is 0 Å². The lowest BCUT2D eigenvalue weighted by Gasteiger charge is -2.19. The van der Waals surface area contributed by atoms with Gasteiger partial charge < -0.3 is 0 Å².